The first-order valence-corrected chi connectivity index (χ1v) is 8.47. The Morgan fingerprint density at radius 3 is 3.05 bits per heavy atom. The van der Waals surface area contributed by atoms with E-state index in [-0.39, 0.29) is 24.4 Å². The first kappa shape index (κ1) is 16.8. The largest absolute Gasteiger partial charge is 0.348 e. The summed E-state index contributed by atoms with van der Waals surface area (Å²) in [4.78, 5) is 13.3. The monoisotopic (exact) mass is 320 g/mol. The van der Waals surface area contributed by atoms with Crippen molar-refractivity contribution in [1.82, 2.24) is 10.6 Å². The molecule has 2 unspecified atom stereocenters. The van der Waals surface area contributed by atoms with E-state index in [0.717, 1.165) is 24.5 Å². The van der Waals surface area contributed by atoms with Gasteiger partial charge in [0.05, 0.1) is 6.04 Å². The number of rotatable bonds is 5. The highest BCUT2D eigenvalue weighted by molar-refractivity contribution is 7.99. The van der Waals surface area contributed by atoms with E-state index in [2.05, 4.69) is 29.0 Å². The van der Waals surface area contributed by atoms with Gasteiger partial charge in [-0.3, -0.25) is 4.79 Å². The third-order valence-corrected chi connectivity index (χ3v) is 5.18. The molecule has 0 saturated carbocycles. The molecule has 1 aliphatic heterocycles. The maximum atomic E-state index is 12.0. The molecule has 1 aromatic rings. The second-order valence-electron chi connectivity index (χ2n) is 4.47. The molecule has 2 heterocycles. The highest BCUT2D eigenvalue weighted by atomic mass is 35.5. The Labute approximate surface area is 129 Å². The van der Waals surface area contributed by atoms with Gasteiger partial charge in [-0.25, -0.2) is 0 Å². The lowest BCUT2D eigenvalue weighted by atomic mass is 10.1. The number of hydrogen-bond acceptors (Lipinski definition) is 4. The van der Waals surface area contributed by atoms with E-state index in [1.165, 1.54) is 4.88 Å². The van der Waals surface area contributed by atoms with Gasteiger partial charge in [-0.05, 0) is 17.9 Å². The van der Waals surface area contributed by atoms with Crippen LogP contribution in [0, 0.1) is 0 Å². The molecule has 1 fully saturated rings. The molecular formula is C13H21ClN2OS2. The quantitative estimate of drug-likeness (QED) is 0.876. The van der Waals surface area contributed by atoms with Crippen molar-refractivity contribution < 1.29 is 4.79 Å². The maximum absolute atomic E-state index is 12.0. The Balaban J connectivity index is 0.00000180. The van der Waals surface area contributed by atoms with Crippen molar-refractivity contribution in [2.75, 3.05) is 18.1 Å². The number of nitrogens with one attached hydrogen (secondary N) is 2. The number of thioether (sulfide) groups is 1. The van der Waals surface area contributed by atoms with Gasteiger partial charge in [-0.2, -0.15) is 11.8 Å². The van der Waals surface area contributed by atoms with Gasteiger partial charge >= 0.3 is 0 Å². The Morgan fingerprint density at radius 2 is 2.47 bits per heavy atom. The van der Waals surface area contributed by atoms with Crippen LogP contribution in [0.2, 0.25) is 0 Å². The molecule has 0 aromatic carbocycles. The lowest BCUT2D eigenvalue weighted by Crippen LogP contribution is -2.41. The van der Waals surface area contributed by atoms with E-state index >= 15 is 0 Å². The molecule has 2 atom stereocenters. The second-order valence-corrected chi connectivity index (χ2v) is 6.60. The molecule has 0 bridgehead atoms. The van der Waals surface area contributed by atoms with Gasteiger partial charge in [0.1, 0.15) is 0 Å². The molecule has 2 rings (SSSR count). The number of halogens is 1. The van der Waals surface area contributed by atoms with E-state index in [9.17, 15) is 4.79 Å². The summed E-state index contributed by atoms with van der Waals surface area (Å²) in [7, 11) is 0. The predicted octanol–water partition coefficient (Wildman–Crippen LogP) is 2.83. The summed E-state index contributed by atoms with van der Waals surface area (Å²) < 4.78 is 0. The van der Waals surface area contributed by atoms with Gasteiger partial charge in [-0.15, -0.1) is 23.7 Å². The van der Waals surface area contributed by atoms with Crippen LogP contribution in [0.4, 0.5) is 0 Å². The predicted molar refractivity (Wildman–Crippen MR) is 86.5 cm³/mol. The fraction of sp³-hybridized carbons (Fsp3) is 0.615. The molecule has 1 amide bonds. The Kier molecular flexibility index (Phi) is 7.83. The molecule has 1 aliphatic rings. The number of hydrogen-bond donors (Lipinski definition) is 2. The minimum absolute atomic E-state index is 0. The third-order valence-electron chi connectivity index (χ3n) is 3.06. The molecular weight excluding hydrogens is 300 g/mol. The zero-order valence-electron chi connectivity index (χ0n) is 11.1. The van der Waals surface area contributed by atoms with Crippen LogP contribution < -0.4 is 10.6 Å². The summed E-state index contributed by atoms with van der Waals surface area (Å²) in [5, 5.41) is 8.59. The first-order valence-electron chi connectivity index (χ1n) is 6.43. The third kappa shape index (κ3) is 5.34. The summed E-state index contributed by atoms with van der Waals surface area (Å²) in [5.74, 6) is 2.36. The van der Waals surface area contributed by atoms with Crippen molar-refractivity contribution >= 4 is 41.4 Å². The Morgan fingerprint density at radius 1 is 1.63 bits per heavy atom. The second kappa shape index (κ2) is 8.84. The molecule has 19 heavy (non-hydrogen) atoms. The summed E-state index contributed by atoms with van der Waals surface area (Å²) >= 11 is 3.64. The van der Waals surface area contributed by atoms with Gasteiger partial charge in [0, 0.05) is 35.4 Å². The van der Waals surface area contributed by atoms with Crippen LogP contribution in [0.1, 0.15) is 30.7 Å². The highest BCUT2D eigenvalue weighted by Crippen LogP contribution is 2.22. The molecule has 108 valence electrons. The smallest absolute Gasteiger partial charge is 0.222 e. The number of carbonyl (C=O) groups excluding carboxylic acids is 1. The van der Waals surface area contributed by atoms with Crippen molar-refractivity contribution in [1.29, 1.82) is 0 Å². The fourth-order valence-corrected chi connectivity index (χ4v) is 3.90. The minimum Gasteiger partial charge on any atom is -0.348 e. The van der Waals surface area contributed by atoms with E-state index in [1.54, 1.807) is 11.3 Å². The van der Waals surface area contributed by atoms with Gasteiger partial charge in [0.15, 0.2) is 0 Å². The van der Waals surface area contributed by atoms with Crippen molar-refractivity contribution in [3.05, 3.63) is 22.4 Å². The maximum Gasteiger partial charge on any atom is 0.222 e. The van der Waals surface area contributed by atoms with E-state index in [0.29, 0.717) is 12.5 Å². The average molecular weight is 321 g/mol. The first-order chi connectivity index (χ1) is 8.79. The standard InChI is InChI=1S/C13H20N2OS2.ClH/c1-2-11(12-4-3-6-18-12)15-13(16)8-10-9-17-7-5-14-10;/h3-4,6,10-11,14H,2,5,7-9H2,1H3,(H,15,16);1H. The number of thiophene rings is 1. The van der Waals surface area contributed by atoms with Crippen LogP contribution in [0.5, 0.6) is 0 Å². The molecule has 1 aromatic heterocycles. The summed E-state index contributed by atoms with van der Waals surface area (Å²) in [6, 6.07) is 4.64. The fourth-order valence-electron chi connectivity index (χ4n) is 2.09. The zero-order chi connectivity index (χ0) is 12.8. The Hall–Kier alpha value is -0.230. The van der Waals surface area contributed by atoms with Gasteiger partial charge in [0.2, 0.25) is 5.91 Å². The molecule has 6 heteroatoms. The van der Waals surface area contributed by atoms with Gasteiger partial charge in [0.25, 0.3) is 0 Å². The van der Waals surface area contributed by atoms with Gasteiger partial charge in [-0.1, -0.05) is 13.0 Å². The summed E-state index contributed by atoms with van der Waals surface area (Å²) in [5.41, 5.74) is 0. The molecule has 2 N–H and O–H groups in total. The molecule has 0 radical (unpaired) electrons. The summed E-state index contributed by atoms with van der Waals surface area (Å²) in [6.07, 6.45) is 1.54. The normalized spacial score (nSPS) is 20.4. The van der Waals surface area contributed by atoms with Crippen LogP contribution in [0.3, 0.4) is 0 Å². The average Bonchev–Trinajstić information content (AvgIpc) is 2.91. The van der Waals surface area contributed by atoms with Crippen molar-refractivity contribution in [2.45, 2.75) is 31.8 Å². The molecule has 0 spiro atoms. The van der Waals surface area contributed by atoms with Crippen LogP contribution in [-0.4, -0.2) is 30.0 Å². The lowest BCUT2D eigenvalue weighted by Gasteiger charge is -2.23. The number of amides is 1. The van der Waals surface area contributed by atoms with Crippen LogP contribution in [-0.2, 0) is 4.79 Å². The van der Waals surface area contributed by atoms with Crippen LogP contribution in [0.25, 0.3) is 0 Å². The van der Waals surface area contributed by atoms with Gasteiger partial charge < -0.3 is 10.6 Å². The van der Waals surface area contributed by atoms with Crippen molar-refractivity contribution in [2.24, 2.45) is 0 Å². The number of carbonyl (C=O) groups is 1. The van der Waals surface area contributed by atoms with Crippen molar-refractivity contribution in [3.8, 4) is 0 Å². The topological polar surface area (TPSA) is 41.1 Å². The molecule has 3 nitrogen and oxygen atoms in total. The zero-order valence-corrected chi connectivity index (χ0v) is 13.5. The van der Waals surface area contributed by atoms with Crippen LogP contribution >= 0.6 is 35.5 Å². The van der Waals surface area contributed by atoms with E-state index in [1.807, 2.05) is 17.8 Å². The molecule has 1 saturated heterocycles. The Bertz CT molecular complexity index is 367. The highest BCUT2D eigenvalue weighted by Gasteiger charge is 2.19. The van der Waals surface area contributed by atoms with Crippen LogP contribution in [0.15, 0.2) is 17.5 Å². The minimum atomic E-state index is 0. The van der Waals surface area contributed by atoms with Crippen molar-refractivity contribution in [3.63, 3.8) is 0 Å². The molecule has 0 aliphatic carbocycles. The van der Waals surface area contributed by atoms with E-state index < -0.39 is 0 Å². The lowest BCUT2D eigenvalue weighted by molar-refractivity contribution is -0.122. The van der Waals surface area contributed by atoms with E-state index in [4.69, 9.17) is 0 Å². The summed E-state index contributed by atoms with van der Waals surface area (Å²) in [6.45, 7) is 3.13. The SMILES string of the molecule is CCC(NC(=O)CC1CSCCN1)c1cccs1.Cl.